The lowest BCUT2D eigenvalue weighted by Gasteiger charge is -2.47. The molecular formula is C60H100N2O17Si2. The van der Waals surface area contributed by atoms with Gasteiger partial charge in [0.25, 0.3) is 23.5 Å². The molecule has 2 N–H and O–H groups in total. The fourth-order valence-electron chi connectivity index (χ4n) is 12.3. The average Bonchev–Trinajstić information content (AvgIpc) is 3.75. The maximum Gasteiger partial charge on any atom is 0.533 e. The van der Waals surface area contributed by atoms with E-state index in [0.29, 0.717) is 43.6 Å². The smallest absolute Gasteiger partial charge is 0.456 e. The third-order valence-electron chi connectivity index (χ3n) is 19.1. The van der Waals surface area contributed by atoms with Crippen LogP contribution in [-0.4, -0.2) is 161 Å². The molecule has 7 unspecified atom stereocenters. The fraction of sp³-hybridized carbons (Fsp3) is 0.817. The van der Waals surface area contributed by atoms with Gasteiger partial charge in [-0.1, -0.05) is 78.2 Å². The highest BCUT2D eigenvalue weighted by Crippen LogP contribution is 2.47. The number of allylic oxidation sites excluding steroid dienone is 3. The third-order valence-corrected chi connectivity index (χ3v) is 27.1. The van der Waals surface area contributed by atoms with Crippen molar-refractivity contribution in [1.82, 2.24) is 9.96 Å². The summed E-state index contributed by atoms with van der Waals surface area (Å²) in [5.74, 6) is -10.1. The minimum atomic E-state index is -2.97. The number of piperidine rings is 1. The molecule has 4 fully saturated rings. The second-order valence-electron chi connectivity index (χ2n) is 27.0. The number of ether oxygens (including phenoxy) is 6. The number of hydrogen-bond donors (Lipinski definition) is 2. The summed E-state index contributed by atoms with van der Waals surface area (Å²) in [6, 6.07) is -1.20. The van der Waals surface area contributed by atoms with E-state index < -0.39 is 117 Å². The van der Waals surface area contributed by atoms with Crippen LogP contribution in [0.1, 0.15) is 159 Å². The zero-order valence-corrected chi connectivity index (χ0v) is 53.9. The Morgan fingerprint density at radius 3 is 2.05 bits per heavy atom. The molecule has 1 aliphatic carbocycles. The topological polar surface area (TPSA) is 240 Å². The maximum atomic E-state index is 15.3. The van der Waals surface area contributed by atoms with Crippen LogP contribution in [-0.2, 0) is 66.5 Å². The molecule has 81 heavy (non-hydrogen) atoms. The number of nitrogens with zero attached hydrogens (tertiary/aromatic N) is 2. The minimum Gasteiger partial charge on any atom is -0.456 e. The first-order valence-electron chi connectivity index (χ1n) is 29.6. The Balaban J connectivity index is 1.64. The van der Waals surface area contributed by atoms with Crippen molar-refractivity contribution in [3.63, 3.8) is 0 Å². The number of Topliss-reactive ketones (excluding diaryl/α,β-unsaturated/α-hetero) is 2. The van der Waals surface area contributed by atoms with Gasteiger partial charge in [0.05, 0.1) is 31.0 Å². The first-order chi connectivity index (χ1) is 37.6. The van der Waals surface area contributed by atoms with Crippen LogP contribution in [0.5, 0.6) is 0 Å². The van der Waals surface area contributed by atoms with Crippen LogP contribution < -0.4 is 0 Å². The highest BCUT2D eigenvalue weighted by molar-refractivity contribution is 6.74. The van der Waals surface area contributed by atoms with Crippen molar-refractivity contribution in [2.24, 2.45) is 35.5 Å². The second kappa shape index (κ2) is 28.0. The first-order valence-corrected chi connectivity index (χ1v) is 35.5. The van der Waals surface area contributed by atoms with E-state index in [1.54, 1.807) is 14.0 Å². The first kappa shape index (κ1) is 68.1. The largest absolute Gasteiger partial charge is 0.533 e. The van der Waals surface area contributed by atoms with E-state index in [1.165, 1.54) is 19.1 Å². The number of hydrogen-bond acceptors (Lipinski definition) is 17. The van der Waals surface area contributed by atoms with Crippen molar-refractivity contribution in [1.29, 1.82) is 0 Å². The SMILES string of the molecule is COC1CC(/C=C(\C)[C@H]2OC(=O)C3CCCCN3C(=O)C(=O)C3(O)O[C@@H]([C@@H](OC)CC3C)[C@@H](OC)C[C@@H](C)C/C(C)=C/[C@@H](CCOC(=O)ON3C(=O)CCC3=O)C(=O)CC(CC(C)(C)[Si](C)(C)O)[C@H]2C)CCC1O[Si](C)(C)C(C)(C)C. The van der Waals surface area contributed by atoms with Crippen molar-refractivity contribution in [2.45, 2.75) is 244 Å². The van der Waals surface area contributed by atoms with Gasteiger partial charge in [-0.3, -0.25) is 28.8 Å². The number of cyclic esters (lactones) is 1. The van der Waals surface area contributed by atoms with E-state index in [1.807, 2.05) is 60.7 Å². The molecule has 5 rings (SSSR count). The minimum absolute atomic E-state index is 0.00847. The number of methoxy groups -OCH3 is 3. The molecule has 3 saturated heterocycles. The Morgan fingerprint density at radius 2 is 1.46 bits per heavy atom. The van der Waals surface area contributed by atoms with Crippen molar-refractivity contribution >= 4 is 58.0 Å². The number of fused-ring (bicyclic) bond motifs is 3. The van der Waals surface area contributed by atoms with Gasteiger partial charge < -0.3 is 47.6 Å². The molecule has 0 aromatic heterocycles. The van der Waals surface area contributed by atoms with Crippen molar-refractivity contribution in [3.8, 4) is 0 Å². The highest BCUT2D eigenvalue weighted by atomic mass is 28.4. The van der Waals surface area contributed by atoms with Crippen molar-refractivity contribution in [3.05, 3.63) is 23.3 Å². The number of rotatable bonds is 14. The molecule has 14 atom stereocenters. The van der Waals surface area contributed by atoms with Gasteiger partial charge in [0.1, 0.15) is 24.0 Å². The summed E-state index contributed by atoms with van der Waals surface area (Å²) in [6.45, 7) is 27.9. The highest BCUT2D eigenvalue weighted by Gasteiger charge is 2.57. The molecule has 0 spiro atoms. The monoisotopic (exact) mass is 1180 g/mol. The van der Waals surface area contributed by atoms with Crippen LogP contribution in [0.25, 0.3) is 0 Å². The molecule has 21 heteroatoms. The summed E-state index contributed by atoms with van der Waals surface area (Å²) in [5, 5.41) is 12.1. The number of amides is 3. The zero-order valence-electron chi connectivity index (χ0n) is 51.9. The summed E-state index contributed by atoms with van der Waals surface area (Å²) in [7, 11) is -0.424. The molecule has 0 radical (unpaired) electrons. The van der Waals surface area contributed by atoms with Crippen LogP contribution >= 0.6 is 0 Å². The van der Waals surface area contributed by atoms with E-state index in [4.69, 9.17) is 37.7 Å². The van der Waals surface area contributed by atoms with E-state index >= 15 is 9.59 Å². The molecule has 1 saturated carbocycles. The Morgan fingerprint density at radius 1 is 0.840 bits per heavy atom. The van der Waals surface area contributed by atoms with Crippen LogP contribution in [0.3, 0.4) is 0 Å². The lowest BCUT2D eigenvalue weighted by atomic mass is 9.75. The van der Waals surface area contributed by atoms with E-state index in [0.717, 1.165) is 24.0 Å². The van der Waals surface area contributed by atoms with Gasteiger partial charge in [0.15, 0.2) is 16.6 Å². The Bertz CT molecular complexity index is 2290. The van der Waals surface area contributed by atoms with Gasteiger partial charge in [-0.15, -0.1) is 0 Å². The molecule has 3 amide bonds. The Labute approximate surface area is 484 Å². The predicted molar refractivity (Wildman–Crippen MR) is 308 cm³/mol. The molecule has 0 aromatic carbocycles. The Kier molecular flexibility index (Phi) is 23.6. The average molecular weight is 1180 g/mol. The number of esters is 1. The molecule has 460 valence electrons. The van der Waals surface area contributed by atoms with Gasteiger partial charge in [-0.25, -0.2) is 9.59 Å². The Hall–Kier alpha value is -3.68. The summed E-state index contributed by atoms with van der Waals surface area (Å²) in [4.78, 5) is 115. The number of hydroxylamine groups is 2. The molecule has 0 aromatic rings. The molecule has 5 aliphatic rings. The summed E-state index contributed by atoms with van der Waals surface area (Å²) in [5.41, 5.74) is 1.55. The molecule has 4 aliphatic heterocycles. The second-order valence-corrected chi connectivity index (χ2v) is 36.2. The quantitative estimate of drug-likeness (QED) is 0.0541. The van der Waals surface area contributed by atoms with Gasteiger partial charge in [0.2, 0.25) is 5.79 Å². The molecular weight excluding hydrogens is 1080 g/mol. The summed E-state index contributed by atoms with van der Waals surface area (Å²) in [6.07, 6.45) is 3.57. The fourth-order valence-corrected chi connectivity index (χ4v) is 14.4. The lowest BCUT2D eigenvalue weighted by molar-refractivity contribution is -0.302. The van der Waals surface area contributed by atoms with Crippen molar-refractivity contribution < 1.29 is 81.1 Å². The normalized spacial score (nSPS) is 34.2. The molecule has 4 heterocycles. The van der Waals surface area contributed by atoms with Crippen LogP contribution in [0.2, 0.25) is 36.3 Å². The number of ketones is 2. The van der Waals surface area contributed by atoms with Crippen LogP contribution in [0.15, 0.2) is 23.3 Å². The predicted octanol–water partition coefficient (Wildman–Crippen LogP) is 9.32. The van der Waals surface area contributed by atoms with Crippen LogP contribution in [0, 0.1) is 35.5 Å². The number of aliphatic hydroxyl groups is 1. The third kappa shape index (κ3) is 16.8. The van der Waals surface area contributed by atoms with Crippen LogP contribution in [0.4, 0.5) is 4.79 Å². The van der Waals surface area contributed by atoms with E-state index in [2.05, 4.69) is 39.9 Å². The summed E-state index contributed by atoms with van der Waals surface area (Å²) >= 11 is 0. The lowest BCUT2D eigenvalue weighted by Crippen LogP contribution is -2.64. The number of imide groups is 1. The molecule has 19 nitrogen and oxygen atoms in total. The summed E-state index contributed by atoms with van der Waals surface area (Å²) < 4.78 is 43.6. The van der Waals surface area contributed by atoms with Gasteiger partial charge in [-0.2, -0.15) is 0 Å². The standard InChI is InChI=1S/C60H100N2O17Si2/c1-36-28-37(2)30-48(73-12)53-49(74-13)32-39(4)60(70,77-53)54(66)55(67)61-26-19-18-20-44(61)56(68)76-52(38(3)31-41-21-22-46(47(33-41)72-11)79-81(16,17)58(6,7)8)40(5)43(35-59(9,10)80(14,15)71)34-45(63)42(29-36)25-27-75-57(69)78-62-50(64)23-24-51(62)65/h29,31,37,39-44,46-49,52-53,70-71H,18-28,30,32-35H2,1-17H3/b36-29+,38-31+/t37-,39?,40+,41?,42+,43?,44?,46?,47?,48-,49-,52+,53+,60?/m0/s1. The van der Waals surface area contributed by atoms with Gasteiger partial charge in [-0.05, 0) is 144 Å². The molecule has 2 bridgehead atoms. The zero-order chi connectivity index (χ0) is 60.7. The van der Waals surface area contributed by atoms with Crippen molar-refractivity contribution in [2.75, 3.05) is 34.5 Å². The van der Waals surface area contributed by atoms with Gasteiger partial charge >= 0.3 is 12.1 Å². The van der Waals surface area contributed by atoms with Gasteiger partial charge in [0, 0.05) is 64.9 Å². The van der Waals surface area contributed by atoms with E-state index in [9.17, 15) is 33.9 Å². The maximum absolute atomic E-state index is 15.3. The van der Waals surface area contributed by atoms with E-state index in [-0.39, 0.29) is 86.5 Å². The number of carbonyl (C=O) groups excluding carboxylic acids is 7. The number of carbonyl (C=O) groups is 7.